The van der Waals surface area contributed by atoms with Crippen LogP contribution in [0.4, 0.5) is 0 Å². The Hall–Kier alpha value is -1.97. The maximum atomic E-state index is 11.5. The minimum Gasteiger partial charge on any atom is -0.389 e. The van der Waals surface area contributed by atoms with Crippen molar-refractivity contribution < 1.29 is 14.3 Å². The number of unbranched alkanes of at least 4 members (excludes halogenated alkanes) is 2. The molecule has 1 heterocycles. The number of rotatable bonds is 6. The molecule has 0 N–H and O–H groups in total. The minimum absolute atomic E-state index is 0.255. The number of esters is 2. The summed E-state index contributed by atoms with van der Waals surface area (Å²) in [6.45, 7) is 3.59. The van der Waals surface area contributed by atoms with E-state index in [1.165, 1.54) is 24.5 Å². The third kappa shape index (κ3) is 5.06. The summed E-state index contributed by atoms with van der Waals surface area (Å²) < 4.78 is 4.69. The molecule has 1 rings (SSSR count). The lowest BCUT2D eigenvalue weighted by atomic mass is 10.2. The third-order valence-electron chi connectivity index (χ3n) is 2.16. The second-order valence-corrected chi connectivity index (χ2v) is 3.53. The molecule has 1 aromatic heterocycles. The van der Waals surface area contributed by atoms with E-state index in [2.05, 4.69) is 16.3 Å². The second-order valence-electron chi connectivity index (χ2n) is 3.53. The Morgan fingerprint density at radius 1 is 1.29 bits per heavy atom. The Morgan fingerprint density at radius 2 is 2.00 bits per heavy atom. The van der Waals surface area contributed by atoms with Gasteiger partial charge in [0, 0.05) is 18.8 Å². The van der Waals surface area contributed by atoms with E-state index < -0.39 is 11.9 Å². The molecule has 0 fully saturated rings. The largest absolute Gasteiger partial charge is 0.389 e. The Bertz CT molecular complexity index is 387. The van der Waals surface area contributed by atoms with Crippen molar-refractivity contribution in [2.45, 2.75) is 25.7 Å². The highest BCUT2D eigenvalue weighted by atomic mass is 16.6. The molecular formula is C13H15NO3. The fourth-order valence-electron chi connectivity index (χ4n) is 1.26. The average Bonchev–Trinajstić information content (AvgIpc) is 2.36. The molecule has 0 saturated heterocycles. The summed E-state index contributed by atoms with van der Waals surface area (Å²) in [5.74, 6) is -1.11. The van der Waals surface area contributed by atoms with Crippen LogP contribution in [0.25, 0.3) is 0 Å². The molecule has 0 aliphatic rings. The van der Waals surface area contributed by atoms with Crippen molar-refractivity contribution in [1.82, 2.24) is 4.98 Å². The van der Waals surface area contributed by atoms with Gasteiger partial charge in [-0.25, -0.2) is 4.79 Å². The standard InChI is InChI=1S/C13H15NO3/c1-2-3-4-5-6-12(15)17-13(16)11-7-9-14-10-8-11/h2,7-10H,1,3-6H2. The van der Waals surface area contributed by atoms with Crippen LogP contribution in [0.3, 0.4) is 0 Å². The van der Waals surface area contributed by atoms with E-state index in [0.717, 1.165) is 12.8 Å². The van der Waals surface area contributed by atoms with Gasteiger partial charge in [-0.2, -0.15) is 0 Å². The van der Waals surface area contributed by atoms with Crippen LogP contribution in [-0.2, 0) is 9.53 Å². The molecule has 0 atom stereocenters. The minimum atomic E-state index is -0.624. The van der Waals surface area contributed by atoms with Gasteiger partial charge >= 0.3 is 11.9 Å². The fraction of sp³-hybridized carbons (Fsp3) is 0.308. The van der Waals surface area contributed by atoms with Crippen molar-refractivity contribution in [1.29, 1.82) is 0 Å². The molecule has 0 aromatic carbocycles. The van der Waals surface area contributed by atoms with Crippen molar-refractivity contribution in [2.24, 2.45) is 0 Å². The van der Waals surface area contributed by atoms with E-state index in [4.69, 9.17) is 0 Å². The lowest BCUT2D eigenvalue weighted by Crippen LogP contribution is -2.12. The van der Waals surface area contributed by atoms with Gasteiger partial charge in [0.2, 0.25) is 0 Å². The maximum Gasteiger partial charge on any atom is 0.345 e. The number of ether oxygens (including phenoxy) is 1. The quantitative estimate of drug-likeness (QED) is 0.328. The van der Waals surface area contributed by atoms with Gasteiger partial charge in [-0.1, -0.05) is 6.08 Å². The molecule has 1 aromatic rings. The van der Waals surface area contributed by atoms with Gasteiger partial charge in [0.05, 0.1) is 5.56 Å². The second kappa shape index (κ2) is 7.33. The van der Waals surface area contributed by atoms with E-state index >= 15 is 0 Å². The molecule has 0 spiro atoms. The number of carbonyl (C=O) groups is 2. The molecule has 4 nitrogen and oxygen atoms in total. The zero-order valence-corrected chi connectivity index (χ0v) is 9.59. The first kappa shape index (κ1) is 13.1. The van der Waals surface area contributed by atoms with Crippen LogP contribution in [-0.4, -0.2) is 16.9 Å². The molecule has 4 heteroatoms. The van der Waals surface area contributed by atoms with Gasteiger partial charge < -0.3 is 4.74 Å². The fourth-order valence-corrected chi connectivity index (χ4v) is 1.26. The molecule has 0 aliphatic carbocycles. The molecular weight excluding hydrogens is 218 g/mol. The van der Waals surface area contributed by atoms with Crippen LogP contribution in [0.5, 0.6) is 0 Å². The Balaban J connectivity index is 2.31. The summed E-state index contributed by atoms with van der Waals surface area (Å²) in [5.41, 5.74) is 0.333. The molecule has 0 radical (unpaired) electrons. The number of pyridine rings is 1. The Kier molecular flexibility index (Phi) is 5.64. The van der Waals surface area contributed by atoms with Crippen LogP contribution in [0.2, 0.25) is 0 Å². The number of hydrogen-bond donors (Lipinski definition) is 0. The van der Waals surface area contributed by atoms with Gasteiger partial charge in [-0.15, -0.1) is 6.58 Å². The normalized spacial score (nSPS) is 9.65. The molecule has 0 saturated carbocycles. The van der Waals surface area contributed by atoms with E-state index in [1.54, 1.807) is 6.08 Å². The number of hydrogen-bond acceptors (Lipinski definition) is 4. The highest BCUT2D eigenvalue weighted by Crippen LogP contribution is 2.04. The lowest BCUT2D eigenvalue weighted by molar-refractivity contribution is -0.138. The van der Waals surface area contributed by atoms with Gasteiger partial charge in [0.1, 0.15) is 0 Å². The molecule has 0 bridgehead atoms. The molecule has 17 heavy (non-hydrogen) atoms. The van der Waals surface area contributed by atoms with Crippen molar-refractivity contribution in [2.75, 3.05) is 0 Å². The summed E-state index contributed by atoms with van der Waals surface area (Å²) in [6.07, 6.45) is 7.45. The topological polar surface area (TPSA) is 56.3 Å². The number of carbonyl (C=O) groups excluding carboxylic acids is 2. The average molecular weight is 233 g/mol. The van der Waals surface area contributed by atoms with Gasteiger partial charge in [-0.3, -0.25) is 9.78 Å². The SMILES string of the molecule is C=CCCCCC(=O)OC(=O)c1ccncc1. The Morgan fingerprint density at radius 3 is 2.65 bits per heavy atom. The van der Waals surface area contributed by atoms with E-state index in [0.29, 0.717) is 12.0 Å². The van der Waals surface area contributed by atoms with E-state index in [9.17, 15) is 9.59 Å². The lowest BCUT2D eigenvalue weighted by Gasteiger charge is -2.02. The first-order chi connectivity index (χ1) is 8.24. The zero-order valence-electron chi connectivity index (χ0n) is 9.59. The predicted octanol–water partition coefficient (Wildman–Crippen LogP) is 2.51. The summed E-state index contributed by atoms with van der Waals surface area (Å²) >= 11 is 0. The van der Waals surface area contributed by atoms with Gasteiger partial charge in [-0.05, 0) is 31.4 Å². The number of aromatic nitrogens is 1. The van der Waals surface area contributed by atoms with Crippen molar-refractivity contribution >= 4 is 11.9 Å². The predicted molar refractivity (Wildman–Crippen MR) is 63.3 cm³/mol. The first-order valence-corrected chi connectivity index (χ1v) is 5.50. The molecule has 0 amide bonds. The van der Waals surface area contributed by atoms with Crippen molar-refractivity contribution in [3.63, 3.8) is 0 Å². The highest BCUT2D eigenvalue weighted by molar-refractivity contribution is 5.96. The summed E-state index contributed by atoms with van der Waals surface area (Å²) in [6, 6.07) is 3.01. The molecule has 0 aliphatic heterocycles. The number of nitrogens with zero attached hydrogens (tertiary/aromatic N) is 1. The monoisotopic (exact) mass is 233 g/mol. The summed E-state index contributed by atoms with van der Waals surface area (Å²) in [4.78, 5) is 26.5. The van der Waals surface area contributed by atoms with Crippen LogP contribution < -0.4 is 0 Å². The molecule has 90 valence electrons. The number of allylic oxidation sites excluding steroid dienone is 1. The van der Waals surface area contributed by atoms with Gasteiger partial charge in [0.15, 0.2) is 0 Å². The summed E-state index contributed by atoms with van der Waals surface area (Å²) in [7, 11) is 0. The smallest absolute Gasteiger partial charge is 0.345 e. The van der Waals surface area contributed by atoms with E-state index in [-0.39, 0.29) is 6.42 Å². The van der Waals surface area contributed by atoms with Crippen molar-refractivity contribution in [3.05, 3.63) is 42.7 Å². The maximum absolute atomic E-state index is 11.5. The third-order valence-corrected chi connectivity index (χ3v) is 2.16. The summed E-state index contributed by atoms with van der Waals surface area (Å²) in [5, 5.41) is 0. The Labute approximate surface area is 100 Å². The van der Waals surface area contributed by atoms with Crippen LogP contribution in [0, 0.1) is 0 Å². The van der Waals surface area contributed by atoms with Crippen LogP contribution in [0.15, 0.2) is 37.2 Å². The highest BCUT2D eigenvalue weighted by Gasteiger charge is 2.11. The first-order valence-electron chi connectivity index (χ1n) is 5.50. The van der Waals surface area contributed by atoms with Gasteiger partial charge in [0.25, 0.3) is 0 Å². The van der Waals surface area contributed by atoms with Crippen LogP contribution in [0.1, 0.15) is 36.0 Å². The van der Waals surface area contributed by atoms with Crippen molar-refractivity contribution in [3.8, 4) is 0 Å². The van der Waals surface area contributed by atoms with E-state index in [1.807, 2.05) is 0 Å². The van der Waals surface area contributed by atoms with Crippen LogP contribution >= 0.6 is 0 Å². The zero-order chi connectivity index (χ0) is 12.5. The molecule has 0 unspecified atom stereocenters.